The molecule has 0 aliphatic rings. The van der Waals surface area contributed by atoms with Gasteiger partial charge in [0.1, 0.15) is 5.75 Å². The van der Waals surface area contributed by atoms with Crippen LogP contribution in [0.1, 0.15) is 43.5 Å². The minimum atomic E-state index is 0.242. The van der Waals surface area contributed by atoms with Gasteiger partial charge in [-0.1, -0.05) is 42.8 Å². The molecule has 20 heavy (non-hydrogen) atoms. The average Bonchev–Trinajstić information content (AvgIpc) is 2.46. The highest BCUT2D eigenvalue weighted by Gasteiger charge is 2.13. The van der Waals surface area contributed by atoms with E-state index in [1.165, 1.54) is 11.1 Å². The van der Waals surface area contributed by atoms with E-state index >= 15 is 0 Å². The van der Waals surface area contributed by atoms with Crippen molar-refractivity contribution in [2.75, 3.05) is 0 Å². The second kappa shape index (κ2) is 6.78. The second-order valence-corrected chi connectivity index (χ2v) is 5.43. The molecule has 0 saturated carbocycles. The Labute approximate surface area is 125 Å². The van der Waals surface area contributed by atoms with Gasteiger partial charge in [0.15, 0.2) is 0 Å². The predicted molar refractivity (Wildman–Crippen MR) is 84.1 cm³/mol. The molecule has 2 N–H and O–H groups in total. The lowest BCUT2D eigenvalue weighted by Gasteiger charge is -2.23. The molecule has 0 saturated heterocycles. The van der Waals surface area contributed by atoms with E-state index in [1.807, 2.05) is 36.4 Å². The third kappa shape index (κ3) is 3.75. The molecule has 2 aromatic carbocycles. The highest BCUT2D eigenvalue weighted by molar-refractivity contribution is 6.30. The quantitative estimate of drug-likeness (QED) is 0.825. The van der Waals surface area contributed by atoms with Gasteiger partial charge in [0, 0.05) is 17.1 Å². The van der Waals surface area contributed by atoms with Crippen LogP contribution in [-0.4, -0.2) is 5.11 Å². The fraction of sp³-hybridized carbons (Fsp3) is 0.294. The van der Waals surface area contributed by atoms with E-state index in [2.05, 4.69) is 19.2 Å². The Kier molecular flexibility index (Phi) is 5.05. The van der Waals surface area contributed by atoms with Crippen LogP contribution in [0.15, 0.2) is 48.5 Å². The first-order chi connectivity index (χ1) is 9.60. The maximum atomic E-state index is 9.36. The van der Waals surface area contributed by atoms with E-state index in [0.717, 1.165) is 11.4 Å². The Hall–Kier alpha value is -1.51. The van der Waals surface area contributed by atoms with Crippen LogP contribution in [0.4, 0.5) is 0 Å². The van der Waals surface area contributed by atoms with Crippen molar-refractivity contribution in [3.05, 3.63) is 64.7 Å². The summed E-state index contributed by atoms with van der Waals surface area (Å²) in [5.74, 6) is 0.300. The summed E-state index contributed by atoms with van der Waals surface area (Å²) in [4.78, 5) is 0. The number of nitrogens with one attached hydrogen (secondary N) is 1. The van der Waals surface area contributed by atoms with Crippen LogP contribution in [-0.2, 0) is 0 Å². The van der Waals surface area contributed by atoms with Crippen LogP contribution >= 0.6 is 11.6 Å². The van der Waals surface area contributed by atoms with Gasteiger partial charge in [-0.15, -0.1) is 0 Å². The van der Waals surface area contributed by atoms with Crippen LogP contribution in [0.2, 0.25) is 5.02 Å². The molecule has 0 spiro atoms. The lowest BCUT2D eigenvalue weighted by molar-refractivity contribution is 0.453. The molecular formula is C17H20ClNO. The standard InChI is InChI=1S/C17H20ClNO/c1-3-17(14-6-10-16(20)11-7-14)19-12(2)13-4-8-15(18)9-5-13/h4-12,17,19-20H,3H2,1-2H3/t12-,17?/m0/s1. The van der Waals surface area contributed by atoms with Gasteiger partial charge in [0.05, 0.1) is 0 Å². The highest BCUT2D eigenvalue weighted by Crippen LogP contribution is 2.24. The lowest BCUT2D eigenvalue weighted by atomic mass is 10.0. The SMILES string of the molecule is CCC(N[C@@H](C)c1ccc(Cl)cc1)c1ccc(O)cc1. The first-order valence-electron chi connectivity index (χ1n) is 6.90. The third-order valence-electron chi connectivity index (χ3n) is 3.52. The van der Waals surface area contributed by atoms with Gasteiger partial charge in [-0.3, -0.25) is 0 Å². The van der Waals surface area contributed by atoms with Gasteiger partial charge in [0.2, 0.25) is 0 Å². The number of hydrogen-bond acceptors (Lipinski definition) is 2. The molecule has 0 aliphatic heterocycles. The molecule has 106 valence electrons. The number of rotatable bonds is 5. The van der Waals surface area contributed by atoms with E-state index in [0.29, 0.717) is 5.75 Å². The molecule has 0 aliphatic carbocycles. The molecule has 0 radical (unpaired) electrons. The monoisotopic (exact) mass is 289 g/mol. The van der Waals surface area contributed by atoms with E-state index in [1.54, 1.807) is 12.1 Å². The minimum absolute atomic E-state index is 0.242. The molecular weight excluding hydrogens is 270 g/mol. The summed E-state index contributed by atoms with van der Waals surface area (Å²) in [7, 11) is 0. The summed E-state index contributed by atoms with van der Waals surface area (Å²) in [6.45, 7) is 4.30. The minimum Gasteiger partial charge on any atom is -0.508 e. The number of halogens is 1. The molecule has 0 amide bonds. The Morgan fingerprint density at radius 2 is 1.55 bits per heavy atom. The first-order valence-corrected chi connectivity index (χ1v) is 7.28. The lowest BCUT2D eigenvalue weighted by Crippen LogP contribution is -2.24. The molecule has 1 unspecified atom stereocenters. The maximum Gasteiger partial charge on any atom is 0.115 e. The summed E-state index contributed by atoms with van der Waals surface area (Å²) < 4.78 is 0. The van der Waals surface area contributed by atoms with Crippen molar-refractivity contribution in [3.63, 3.8) is 0 Å². The normalized spacial score (nSPS) is 13.9. The largest absolute Gasteiger partial charge is 0.508 e. The van der Waals surface area contributed by atoms with Crippen LogP contribution in [0.3, 0.4) is 0 Å². The van der Waals surface area contributed by atoms with Crippen molar-refractivity contribution in [1.82, 2.24) is 5.32 Å². The number of hydrogen-bond donors (Lipinski definition) is 2. The van der Waals surface area contributed by atoms with Crippen molar-refractivity contribution in [1.29, 1.82) is 0 Å². The zero-order valence-electron chi connectivity index (χ0n) is 11.8. The number of aromatic hydroxyl groups is 1. The Balaban J connectivity index is 2.09. The molecule has 0 bridgehead atoms. The van der Waals surface area contributed by atoms with Crippen molar-refractivity contribution in [2.45, 2.75) is 32.4 Å². The molecule has 2 rings (SSSR count). The maximum absolute atomic E-state index is 9.36. The van der Waals surface area contributed by atoms with Crippen LogP contribution in [0.5, 0.6) is 5.75 Å². The Morgan fingerprint density at radius 3 is 2.10 bits per heavy atom. The summed E-state index contributed by atoms with van der Waals surface area (Å²) in [5.41, 5.74) is 2.40. The van der Waals surface area contributed by atoms with E-state index in [4.69, 9.17) is 11.6 Å². The van der Waals surface area contributed by atoms with Gasteiger partial charge in [-0.25, -0.2) is 0 Å². The third-order valence-corrected chi connectivity index (χ3v) is 3.78. The van der Waals surface area contributed by atoms with Crippen LogP contribution < -0.4 is 5.32 Å². The van der Waals surface area contributed by atoms with Crippen LogP contribution in [0, 0.1) is 0 Å². The summed E-state index contributed by atoms with van der Waals surface area (Å²) in [5, 5.41) is 13.7. The molecule has 3 heteroatoms. The van der Waals surface area contributed by atoms with Gasteiger partial charge in [-0.05, 0) is 48.7 Å². The zero-order chi connectivity index (χ0) is 14.5. The fourth-order valence-electron chi connectivity index (χ4n) is 2.31. The highest BCUT2D eigenvalue weighted by atomic mass is 35.5. The molecule has 0 aromatic heterocycles. The Morgan fingerprint density at radius 1 is 1.00 bits per heavy atom. The average molecular weight is 290 g/mol. The van der Waals surface area contributed by atoms with Gasteiger partial charge in [-0.2, -0.15) is 0 Å². The second-order valence-electron chi connectivity index (χ2n) is 4.99. The summed E-state index contributed by atoms with van der Waals surface area (Å²) in [6.07, 6.45) is 0.989. The van der Waals surface area contributed by atoms with Gasteiger partial charge in [0.25, 0.3) is 0 Å². The van der Waals surface area contributed by atoms with Crippen molar-refractivity contribution >= 4 is 11.6 Å². The topological polar surface area (TPSA) is 32.3 Å². The van der Waals surface area contributed by atoms with Crippen molar-refractivity contribution in [3.8, 4) is 5.75 Å². The molecule has 2 nitrogen and oxygen atoms in total. The smallest absolute Gasteiger partial charge is 0.115 e. The van der Waals surface area contributed by atoms with Crippen molar-refractivity contribution < 1.29 is 5.11 Å². The first kappa shape index (κ1) is 14.9. The summed E-state index contributed by atoms with van der Waals surface area (Å²) >= 11 is 5.92. The van der Waals surface area contributed by atoms with E-state index in [-0.39, 0.29) is 12.1 Å². The number of phenols is 1. The van der Waals surface area contributed by atoms with Crippen LogP contribution in [0.25, 0.3) is 0 Å². The molecule has 2 aromatic rings. The number of phenolic OH excluding ortho intramolecular Hbond substituents is 1. The van der Waals surface area contributed by atoms with Gasteiger partial charge >= 0.3 is 0 Å². The van der Waals surface area contributed by atoms with Crippen molar-refractivity contribution in [2.24, 2.45) is 0 Å². The van der Waals surface area contributed by atoms with E-state index < -0.39 is 0 Å². The predicted octanol–water partition coefficient (Wildman–Crippen LogP) is 4.85. The molecule has 2 atom stereocenters. The Bertz CT molecular complexity index is 536. The van der Waals surface area contributed by atoms with E-state index in [9.17, 15) is 5.11 Å². The number of benzene rings is 2. The van der Waals surface area contributed by atoms with Gasteiger partial charge < -0.3 is 10.4 Å². The zero-order valence-corrected chi connectivity index (χ0v) is 12.6. The molecule has 0 fully saturated rings. The molecule has 0 heterocycles. The summed E-state index contributed by atoms with van der Waals surface area (Å²) in [6, 6.07) is 15.8. The fourth-order valence-corrected chi connectivity index (χ4v) is 2.43.